The van der Waals surface area contributed by atoms with Crippen molar-refractivity contribution < 1.29 is 19.1 Å². The molecule has 0 radical (unpaired) electrons. The van der Waals surface area contributed by atoms with Crippen LogP contribution in [0.2, 0.25) is 0 Å². The fraction of sp³-hybridized carbons (Fsp3) is 0.167. The van der Waals surface area contributed by atoms with Crippen molar-refractivity contribution in [2.45, 2.75) is 19.9 Å². The van der Waals surface area contributed by atoms with Crippen LogP contribution in [0, 0.1) is 12.7 Å². The molecule has 1 N–H and O–H groups in total. The molecule has 0 aliphatic carbocycles. The van der Waals surface area contributed by atoms with Gasteiger partial charge in [0.25, 0.3) is 5.91 Å². The Hall–Kier alpha value is -2.80. The van der Waals surface area contributed by atoms with Crippen LogP contribution in [0.3, 0.4) is 0 Å². The summed E-state index contributed by atoms with van der Waals surface area (Å²) in [4.78, 5) is 28.2. The first-order valence-corrected chi connectivity index (χ1v) is 8.37. The van der Waals surface area contributed by atoms with Crippen LogP contribution < -0.4 is 4.80 Å². The van der Waals surface area contributed by atoms with Gasteiger partial charge in [0.1, 0.15) is 11.9 Å². The largest absolute Gasteiger partial charge is 0.480 e. The number of nitrogens with zero attached hydrogens (tertiary/aromatic N) is 2. The molecule has 1 aromatic heterocycles. The molecule has 0 saturated heterocycles. The summed E-state index contributed by atoms with van der Waals surface area (Å²) >= 11 is 1.08. The molecular weight excluding hydrogens is 343 g/mol. The van der Waals surface area contributed by atoms with Gasteiger partial charge >= 0.3 is 5.97 Å². The minimum atomic E-state index is -1.06. The number of carbonyl (C=O) groups is 2. The van der Waals surface area contributed by atoms with E-state index < -0.39 is 23.7 Å². The molecule has 0 saturated carbocycles. The third-order valence-electron chi connectivity index (χ3n) is 3.83. The van der Waals surface area contributed by atoms with E-state index in [-0.39, 0.29) is 4.80 Å². The fourth-order valence-electron chi connectivity index (χ4n) is 2.43. The monoisotopic (exact) mass is 358 g/mol. The predicted molar refractivity (Wildman–Crippen MR) is 93.2 cm³/mol. The highest BCUT2D eigenvalue weighted by atomic mass is 32.1. The first-order valence-electron chi connectivity index (χ1n) is 7.56. The molecule has 7 heteroatoms. The number of aliphatic carboxylic acids is 1. The zero-order valence-corrected chi connectivity index (χ0v) is 14.4. The number of fused-ring (bicyclic) bond motifs is 1. The molecule has 3 rings (SSSR count). The van der Waals surface area contributed by atoms with Gasteiger partial charge < -0.3 is 9.67 Å². The molecule has 1 amide bonds. The van der Waals surface area contributed by atoms with Crippen molar-refractivity contribution >= 4 is 33.4 Å². The van der Waals surface area contributed by atoms with Crippen molar-refractivity contribution in [3.63, 3.8) is 0 Å². The Morgan fingerprint density at radius 2 is 1.88 bits per heavy atom. The number of carboxylic acids is 1. The number of benzene rings is 2. The molecule has 0 spiro atoms. The maximum Gasteiger partial charge on any atom is 0.326 e. The lowest BCUT2D eigenvalue weighted by Gasteiger charge is -2.09. The van der Waals surface area contributed by atoms with E-state index in [1.54, 1.807) is 24.3 Å². The number of amides is 1. The van der Waals surface area contributed by atoms with Crippen molar-refractivity contribution in [2.75, 3.05) is 0 Å². The number of carboxylic acid groups (broad SMARTS) is 1. The molecule has 0 bridgehead atoms. The van der Waals surface area contributed by atoms with Crippen molar-refractivity contribution in [1.29, 1.82) is 0 Å². The average Bonchev–Trinajstić information content (AvgIpc) is 2.91. The van der Waals surface area contributed by atoms with Crippen molar-refractivity contribution in [1.82, 2.24) is 4.57 Å². The van der Waals surface area contributed by atoms with Crippen LogP contribution in [0.4, 0.5) is 4.39 Å². The van der Waals surface area contributed by atoms with E-state index in [0.29, 0.717) is 15.8 Å². The van der Waals surface area contributed by atoms with Gasteiger partial charge in [0.05, 0.1) is 10.2 Å². The maximum atomic E-state index is 13.5. The van der Waals surface area contributed by atoms with Gasteiger partial charge in [-0.05, 0) is 44.2 Å². The molecule has 5 nitrogen and oxygen atoms in total. The van der Waals surface area contributed by atoms with E-state index >= 15 is 0 Å². The van der Waals surface area contributed by atoms with Gasteiger partial charge in [-0.25, -0.2) is 9.18 Å². The fourth-order valence-corrected chi connectivity index (χ4v) is 3.55. The Morgan fingerprint density at radius 3 is 2.52 bits per heavy atom. The minimum absolute atomic E-state index is 0.223. The number of hydrogen-bond acceptors (Lipinski definition) is 3. The molecule has 0 aliphatic heterocycles. The summed E-state index contributed by atoms with van der Waals surface area (Å²) in [5.74, 6) is -1.97. The first kappa shape index (κ1) is 17.0. The SMILES string of the molecule is Cc1ccc(C(=O)/N=c2\sc3cc(F)ccc3n2C(C)C(=O)O)cc1. The number of halogens is 1. The summed E-state index contributed by atoms with van der Waals surface area (Å²) in [6.07, 6.45) is 0. The van der Waals surface area contributed by atoms with E-state index in [0.717, 1.165) is 16.9 Å². The molecule has 1 heterocycles. The average molecular weight is 358 g/mol. The normalized spacial score (nSPS) is 13.2. The van der Waals surface area contributed by atoms with E-state index in [9.17, 15) is 19.1 Å². The van der Waals surface area contributed by atoms with Gasteiger partial charge in [-0.1, -0.05) is 29.0 Å². The summed E-state index contributed by atoms with van der Waals surface area (Å²) in [6, 6.07) is 10.1. The lowest BCUT2D eigenvalue weighted by molar-refractivity contribution is -0.140. The van der Waals surface area contributed by atoms with Gasteiger partial charge in [-0.2, -0.15) is 4.99 Å². The number of rotatable bonds is 3. The number of aromatic nitrogens is 1. The molecule has 2 aromatic carbocycles. The highest BCUT2D eigenvalue weighted by Gasteiger charge is 2.19. The van der Waals surface area contributed by atoms with E-state index in [1.807, 2.05) is 6.92 Å². The lowest BCUT2D eigenvalue weighted by atomic mass is 10.1. The van der Waals surface area contributed by atoms with Gasteiger partial charge in [0.2, 0.25) is 0 Å². The van der Waals surface area contributed by atoms with Crippen LogP contribution >= 0.6 is 11.3 Å². The van der Waals surface area contributed by atoms with E-state index in [2.05, 4.69) is 4.99 Å². The number of hydrogen-bond donors (Lipinski definition) is 1. The number of aryl methyl sites for hydroxylation is 1. The molecule has 1 unspecified atom stereocenters. The van der Waals surface area contributed by atoms with Gasteiger partial charge in [-0.15, -0.1) is 0 Å². The standard InChI is InChI=1S/C18H15FN2O3S/c1-10-3-5-12(6-4-10)16(22)20-18-21(11(2)17(23)24)14-8-7-13(19)9-15(14)25-18/h3-9,11H,1-2H3,(H,23,24)/b20-18-. The molecule has 25 heavy (non-hydrogen) atoms. The second-order valence-electron chi connectivity index (χ2n) is 5.66. The zero-order valence-electron chi connectivity index (χ0n) is 13.6. The van der Waals surface area contributed by atoms with Crippen LogP contribution in [0.25, 0.3) is 10.2 Å². The topological polar surface area (TPSA) is 71.7 Å². The quantitative estimate of drug-likeness (QED) is 0.778. The summed E-state index contributed by atoms with van der Waals surface area (Å²) in [5, 5.41) is 9.36. The van der Waals surface area contributed by atoms with Gasteiger partial charge in [-0.3, -0.25) is 4.79 Å². The second-order valence-corrected chi connectivity index (χ2v) is 6.67. The van der Waals surface area contributed by atoms with Crippen LogP contribution in [-0.2, 0) is 4.79 Å². The molecule has 0 aliphatic rings. The number of thiazole rings is 1. The predicted octanol–water partition coefficient (Wildman–Crippen LogP) is 3.54. The van der Waals surface area contributed by atoms with Crippen LogP contribution in [-0.4, -0.2) is 21.6 Å². The molecule has 0 fully saturated rings. The third-order valence-corrected chi connectivity index (χ3v) is 4.85. The van der Waals surface area contributed by atoms with Crippen molar-refractivity contribution in [2.24, 2.45) is 4.99 Å². The first-order chi connectivity index (χ1) is 11.9. The Morgan fingerprint density at radius 1 is 1.20 bits per heavy atom. The van der Waals surface area contributed by atoms with Crippen LogP contribution in [0.15, 0.2) is 47.5 Å². The molecule has 1 atom stereocenters. The minimum Gasteiger partial charge on any atom is -0.480 e. The van der Waals surface area contributed by atoms with Crippen LogP contribution in [0.5, 0.6) is 0 Å². The zero-order chi connectivity index (χ0) is 18.1. The van der Waals surface area contributed by atoms with Crippen LogP contribution in [0.1, 0.15) is 28.9 Å². The van der Waals surface area contributed by atoms with E-state index in [4.69, 9.17) is 0 Å². The Kier molecular flexibility index (Phi) is 4.50. The van der Waals surface area contributed by atoms with Crippen molar-refractivity contribution in [3.05, 3.63) is 64.2 Å². The molecule has 128 valence electrons. The van der Waals surface area contributed by atoms with Gasteiger partial charge in [0.15, 0.2) is 4.80 Å². The lowest BCUT2D eigenvalue weighted by Crippen LogP contribution is -2.25. The summed E-state index contributed by atoms with van der Waals surface area (Å²) in [5.41, 5.74) is 1.95. The Balaban J connectivity index is 2.20. The molecule has 3 aromatic rings. The smallest absolute Gasteiger partial charge is 0.326 e. The van der Waals surface area contributed by atoms with Gasteiger partial charge in [0, 0.05) is 5.56 Å². The Labute approximate surface area is 146 Å². The maximum absolute atomic E-state index is 13.5. The van der Waals surface area contributed by atoms with Crippen molar-refractivity contribution in [3.8, 4) is 0 Å². The summed E-state index contributed by atoms with van der Waals surface area (Å²) in [7, 11) is 0. The second kappa shape index (κ2) is 6.60. The molecular formula is C18H15FN2O3S. The summed E-state index contributed by atoms with van der Waals surface area (Å²) < 4.78 is 15.5. The Bertz CT molecular complexity index is 1030. The van der Waals surface area contributed by atoms with E-state index in [1.165, 1.54) is 29.7 Å². The third kappa shape index (κ3) is 3.36. The highest BCUT2D eigenvalue weighted by Crippen LogP contribution is 2.22. The summed E-state index contributed by atoms with van der Waals surface area (Å²) in [6.45, 7) is 3.40. The number of carbonyl (C=O) groups excluding carboxylic acids is 1. The highest BCUT2D eigenvalue weighted by molar-refractivity contribution is 7.16.